The molecule has 17 heavy (non-hydrogen) atoms. The van der Waals surface area contributed by atoms with Gasteiger partial charge in [-0.3, -0.25) is 4.79 Å². The second-order valence-electron chi connectivity index (χ2n) is 4.95. The summed E-state index contributed by atoms with van der Waals surface area (Å²) in [5, 5.41) is 3.50. The van der Waals surface area contributed by atoms with Crippen LogP contribution in [0, 0.1) is 12.8 Å². The van der Waals surface area contributed by atoms with Crippen LogP contribution < -0.4 is 10.9 Å². The van der Waals surface area contributed by atoms with Crippen molar-refractivity contribution in [3.05, 3.63) is 34.2 Å². The Hall–Kier alpha value is -1.09. The average Bonchev–Trinajstić information content (AvgIpc) is 2.29. The molecule has 96 valence electrons. The molecule has 0 aromatic carbocycles. The molecule has 0 aliphatic carbocycles. The molecule has 0 aliphatic heterocycles. The average molecular weight is 236 g/mol. The number of rotatable bonds is 6. The van der Waals surface area contributed by atoms with Crippen molar-refractivity contribution in [2.45, 2.75) is 46.7 Å². The van der Waals surface area contributed by atoms with Gasteiger partial charge in [-0.2, -0.15) is 0 Å². The molecule has 3 heteroatoms. The largest absolute Gasteiger partial charge is 0.314 e. The van der Waals surface area contributed by atoms with Gasteiger partial charge in [-0.15, -0.1) is 0 Å². The fraction of sp³-hybridized carbons (Fsp3) is 0.643. The molecule has 1 aromatic heterocycles. The van der Waals surface area contributed by atoms with Crippen molar-refractivity contribution in [3.8, 4) is 0 Å². The van der Waals surface area contributed by atoms with E-state index in [-0.39, 0.29) is 5.56 Å². The predicted molar refractivity (Wildman–Crippen MR) is 72.4 cm³/mol. The molecule has 1 N–H and O–H groups in total. The fourth-order valence-electron chi connectivity index (χ4n) is 1.85. The first-order valence-corrected chi connectivity index (χ1v) is 6.45. The molecule has 0 fully saturated rings. The lowest BCUT2D eigenvalue weighted by molar-refractivity contribution is 0.352. The van der Waals surface area contributed by atoms with Crippen LogP contribution in [0.15, 0.2) is 23.1 Å². The molecule has 0 aliphatic rings. The Morgan fingerprint density at radius 3 is 2.71 bits per heavy atom. The van der Waals surface area contributed by atoms with Crippen LogP contribution in [0.4, 0.5) is 0 Å². The Morgan fingerprint density at radius 1 is 1.41 bits per heavy atom. The normalized spacial score (nSPS) is 13.0. The molecule has 1 unspecified atom stereocenters. The van der Waals surface area contributed by atoms with E-state index in [9.17, 15) is 4.79 Å². The van der Waals surface area contributed by atoms with Gasteiger partial charge in [-0.25, -0.2) is 0 Å². The Balaban J connectivity index is 2.79. The number of hydrogen-bond donors (Lipinski definition) is 1. The van der Waals surface area contributed by atoms with Gasteiger partial charge in [-0.05, 0) is 31.9 Å². The van der Waals surface area contributed by atoms with Gasteiger partial charge in [0, 0.05) is 24.3 Å². The second-order valence-corrected chi connectivity index (χ2v) is 4.95. The van der Waals surface area contributed by atoms with Crippen molar-refractivity contribution in [3.63, 3.8) is 0 Å². The van der Waals surface area contributed by atoms with E-state index in [2.05, 4.69) is 26.1 Å². The van der Waals surface area contributed by atoms with Gasteiger partial charge in [0.2, 0.25) is 0 Å². The summed E-state index contributed by atoms with van der Waals surface area (Å²) in [5.74, 6) is 0.522. The highest BCUT2D eigenvalue weighted by Gasteiger charge is 2.13. The van der Waals surface area contributed by atoms with Crippen LogP contribution in [0.5, 0.6) is 0 Å². The van der Waals surface area contributed by atoms with Crippen molar-refractivity contribution in [1.29, 1.82) is 0 Å². The second kappa shape index (κ2) is 6.60. The lowest BCUT2D eigenvalue weighted by Gasteiger charge is -2.23. The lowest BCUT2D eigenvalue weighted by atomic mass is 10.0. The molecule has 1 heterocycles. The first-order chi connectivity index (χ1) is 8.06. The van der Waals surface area contributed by atoms with Gasteiger partial charge in [-0.1, -0.05) is 26.8 Å². The number of aryl methyl sites for hydroxylation is 1. The third-order valence-electron chi connectivity index (χ3n) is 3.07. The molecule has 1 rings (SSSR count). The minimum absolute atomic E-state index is 0.122. The maximum atomic E-state index is 11.9. The highest BCUT2D eigenvalue weighted by molar-refractivity contribution is 5.07. The smallest absolute Gasteiger partial charge is 0.253 e. The minimum atomic E-state index is 0.122. The molecular weight excluding hydrogens is 212 g/mol. The first kappa shape index (κ1) is 14.0. The summed E-state index contributed by atoms with van der Waals surface area (Å²) in [6.45, 7) is 10.1. The highest BCUT2D eigenvalue weighted by atomic mass is 16.1. The van der Waals surface area contributed by atoms with E-state index in [1.165, 1.54) is 0 Å². The Morgan fingerprint density at radius 2 is 2.12 bits per heavy atom. The molecule has 0 amide bonds. The Labute approximate surface area is 104 Å². The van der Waals surface area contributed by atoms with Gasteiger partial charge in [0.15, 0.2) is 0 Å². The van der Waals surface area contributed by atoms with Crippen LogP contribution in [0.1, 0.15) is 32.8 Å². The van der Waals surface area contributed by atoms with Gasteiger partial charge < -0.3 is 9.88 Å². The summed E-state index contributed by atoms with van der Waals surface area (Å²) in [6.07, 6.45) is 2.99. The topological polar surface area (TPSA) is 34.0 Å². The molecule has 3 nitrogen and oxygen atoms in total. The van der Waals surface area contributed by atoms with Crippen molar-refractivity contribution < 1.29 is 0 Å². The number of pyridine rings is 1. The molecule has 0 radical (unpaired) electrons. The van der Waals surface area contributed by atoms with Crippen molar-refractivity contribution in [2.75, 3.05) is 6.54 Å². The van der Waals surface area contributed by atoms with Crippen molar-refractivity contribution in [1.82, 2.24) is 9.88 Å². The fourth-order valence-corrected chi connectivity index (χ4v) is 1.85. The Bertz CT molecular complexity index is 395. The summed E-state index contributed by atoms with van der Waals surface area (Å²) in [6, 6.07) is 4.16. The van der Waals surface area contributed by atoms with Gasteiger partial charge in [0.05, 0.1) is 0 Å². The minimum Gasteiger partial charge on any atom is -0.314 e. The summed E-state index contributed by atoms with van der Waals surface area (Å²) < 4.78 is 1.81. The molecule has 0 saturated carbocycles. The molecule has 1 aromatic rings. The SMILES string of the molecule is CCCNC(Cn1cccc(C)c1=O)C(C)C. The maximum absolute atomic E-state index is 11.9. The standard InChI is InChI=1S/C14H24N2O/c1-5-8-15-13(11(2)3)10-16-9-6-7-12(4)14(16)17/h6-7,9,11,13,15H,5,8,10H2,1-4H3. The molecule has 0 saturated heterocycles. The maximum Gasteiger partial charge on any atom is 0.253 e. The number of nitrogens with zero attached hydrogens (tertiary/aromatic N) is 1. The van der Waals surface area contributed by atoms with Crippen LogP contribution in [0.3, 0.4) is 0 Å². The van der Waals surface area contributed by atoms with E-state index < -0.39 is 0 Å². The number of hydrogen-bond acceptors (Lipinski definition) is 2. The van der Waals surface area contributed by atoms with Crippen LogP contribution >= 0.6 is 0 Å². The van der Waals surface area contributed by atoms with Crippen LogP contribution in [-0.4, -0.2) is 17.2 Å². The van der Waals surface area contributed by atoms with Gasteiger partial charge in [0.25, 0.3) is 5.56 Å². The summed E-state index contributed by atoms with van der Waals surface area (Å²) in [4.78, 5) is 11.9. The van der Waals surface area contributed by atoms with E-state index in [4.69, 9.17) is 0 Å². The van der Waals surface area contributed by atoms with E-state index in [0.717, 1.165) is 25.1 Å². The summed E-state index contributed by atoms with van der Waals surface area (Å²) in [7, 11) is 0. The third kappa shape index (κ3) is 4.00. The number of nitrogens with one attached hydrogen (secondary N) is 1. The molecule has 0 bridgehead atoms. The Kier molecular flexibility index (Phi) is 5.42. The molecule has 1 atom stereocenters. The van der Waals surface area contributed by atoms with Crippen molar-refractivity contribution in [2.24, 2.45) is 5.92 Å². The lowest BCUT2D eigenvalue weighted by Crippen LogP contribution is -2.40. The van der Waals surface area contributed by atoms with Crippen LogP contribution in [0.25, 0.3) is 0 Å². The zero-order valence-corrected chi connectivity index (χ0v) is 11.4. The number of aromatic nitrogens is 1. The third-order valence-corrected chi connectivity index (χ3v) is 3.07. The van der Waals surface area contributed by atoms with E-state index in [1.54, 1.807) is 0 Å². The summed E-state index contributed by atoms with van der Waals surface area (Å²) in [5.41, 5.74) is 0.932. The predicted octanol–water partition coefficient (Wildman–Crippen LogP) is 2.18. The zero-order chi connectivity index (χ0) is 12.8. The van der Waals surface area contributed by atoms with Crippen LogP contribution in [0.2, 0.25) is 0 Å². The first-order valence-electron chi connectivity index (χ1n) is 6.45. The monoisotopic (exact) mass is 236 g/mol. The van der Waals surface area contributed by atoms with E-state index in [0.29, 0.717) is 12.0 Å². The van der Waals surface area contributed by atoms with Gasteiger partial charge >= 0.3 is 0 Å². The zero-order valence-electron chi connectivity index (χ0n) is 11.4. The van der Waals surface area contributed by atoms with Crippen LogP contribution in [-0.2, 0) is 6.54 Å². The molecular formula is C14H24N2O. The van der Waals surface area contributed by atoms with Crippen molar-refractivity contribution >= 4 is 0 Å². The highest BCUT2D eigenvalue weighted by Crippen LogP contribution is 2.04. The van der Waals surface area contributed by atoms with E-state index in [1.807, 2.05) is 29.8 Å². The van der Waals surface area contributed by atoms with Gasteiger partial charge in [0.1, 0.15) is 0 Å². The quantitative estimate of drug-likeness (QED) is 0.821. The van der Waals surface area contributed by atoms with E-state index >= 15 is 0 Å². The molecule has 0 spiro atoms. The summed E-state index contributed by atoms with van der Waals surface area (Å²) >= 11 is 0.